The van der Waals surface area contributed by atoms with Gasteiger partial charge in [-0.05, 0) is 30.3 Å². The summed E-state index contributed by atoms with van der Waals surface area (Å²) in [6.45, 7) is 0. The van der Waals surface area contributed by atoms with Gasteiger partial charge in [-0.3, -0.25) is 4.98 Å². The molecular weight excluding hydrogens is 321 g/mol. The molecule has 5 nitrogen and oxygen atoms in total. The van der Waals surface area contributed by atoms with Crippen LogP contribution in [0.2, 0.25) is 0 Å². The number of hydrogen-bond donors (Lipinski definition) is 1. The van der Waals surface area contributed by atoms with Crippen molar-refractivity contribution in [3.8, 4) is 17.0 Å². The monoisotopic (exact) mass is 332 g/mol. The molecule has 0 saturated heterocycles. The van der Waals surface area contributed by atoms with Crippen molar-refractivity contribution in [3.63, 3.8) is 0 Å². The van der Waals surface area contributed by atoms with E-state index in [1.54, 1.807) is 36.8 Å². The van der Waals surface area contributed by atoms with E-state index in [9.17, 15) is 13.2 Å². The Kier molecular flexibility index (Phi) is 4.28. The normalized spacial score (nSPS) is 11.1. The van der Waals surface area contributed by atoms with Crippen LogP contribution in [0.1, 0.15) is 0 Å². The fraction of sp³-hybridized carbons (Fsp3) is 0.0625. The molecule has 24 heavy (non-hydrogen) atoms. The SMILES string of the molecule is FC(F)(F)Oc1cccc(Nc2nccc(-c3cccnc3)n2)c1. The molecular formula is C16H11F3N4O. The van der Waals surface area contributed by atoms with E-state index < -0.39 is 6.36 Å². The van der Waals surface area contributed by atoms with Crippen molar-refractivity contribution in [1.82, 2.24) is 15.0 Å². The average Bonchev–Trinajstić information content (AvgIpc) is 2.55. The first-order valence-corrected chi connectivity index (χ1v) is 6.86. The number of anilines is 2. The smallest absolute Gasteiger partial charge is 0.406 e. The van der Waals surface area contributed by atoms with Crippen molar-refractivity contribution in [2.45, 2.75) is 6.36 Å². The maximum absolute atomic E-state index is 12.3. The van der Waals surface area contributed by atoms with Crippen LogP contribution in [-0.2, 0) is 0 Å². The molecule has 1 N–H and O–H groups in total. The fourth-order valence-electron chi connectivity index (χ4n) is 1.99. The third-order valence-corrected chi connectivity index (χ3v) is 2.94. The zero-order valence-corrected chi connectivity index (χ0v) is 12.2. The molecule has 0 atom stereocenters. The van der Waals surface area contributed by atoms with Gasteiger partial charge >= 0.3 is 6.36 Å². The van der Waals surface area contributed by atoms with E-state index >= 15 is 0 Å². The number of hydrogen-bond acceptors (Lipinski definition) is 5. The Hall–Kier alpha value is -3.16. The molecule has 0 bridgehead atoms. The zero-order valence-electron chi connectivity index (χ0n) is 12.2. The van der Waals surface area contributed by atoms with Crippen LogP contribution in [0.5, 0.6) is 5.75 Å². The van der Waals surface area contributed by atoms with Gasteiger partial charge < -0.3 is 10.1 Å². The zero-order chi connectivity index (χ0) is 17.0. The van der Waals surface area contributed by atoms with Crippen LogP contribution in [0.4, 0.5) is 24.8 Å². The van der Waals surface area contributed by atoms with Crippen molar-refractivity contribution in [3.05, 3.63) is 61.1 Å². The Morgan fingerprint density at radius 2 is 1.88 bits per heavy atom. The Labute approximate surface area is 135 Å². The molecule has 0 spiro atoms. The number of alkyl halides is 3. The molecule has 0 fully saturated rings. The summed E-state index contributed by atoms with van der Waals surface area (Å²) in [5.41, 5.74) is 1.82. The number of aromatic nitrogens is 3. The van der Waals surface area contributed by atoms with E-state index in [1.165, 1.54) is 18.2 Å². The molecule has 2 heterocycles. The number of benzene rings is 1. The highest BCUT2D eigenvalue weighted by atomic mass is 19.4. The van der Waals surface area contributed by atoms with Crippen LogP contribution in [-0.4, -0.2) is 21.3 Å². The van der Waals surface area contributed by atoms with Crippen molar-refractivity contribution in [2.24, 2.45) is 0 Å². The molecule has 0 aliphatic heterocycles. The number of nitrogens with one attached hydrogen (secondary N) is 1. The van der Waals surface area contributed by atoms with E-state index in [4.69, 9.17) is 0 Å². The molecule has 0 saturated carbocycles. The quantitative estimate of drug-likeness (QED) is 0.776. The molecule has 2 aromatic heterocycles. The number of halogens is 3. The minimum Gasteiger partial charge on any atom is -0.406 e. The molecule has 3 aromatic rings. The second-order valence-electron chi connectivity index (χ2n) is 4.71. The minimum atomic E-state index is -4.74. The van der Waals surface area contributed by atoms with Gasteiger partial charge in [0.15, 0.2) is 0 Å². The Morgan fingerprint density at radius 3 is 2.62 bits per heavy atom. The van der Waals surface area contributed by atoms with Crippen molar-refractivity contribution in [2.75, 3.05) is 5.32 Å². The molecule has 0 radical (unpaired) electrons. The lowest BCUT2D eigenvalue weighted by Gasteiger charge is -2.11. The first kappa shape index (κ1) is 15.7. The summed E-state index contributed by atoms with van der Waals surface area (Å²) in [4.78, 5) is 12.4. The van der Waals surface area contributed by atoms with Crippen LogP contribution in [0.3, 0.4) is 0 Å². The molecule has 3 rings (SSSR count). The lowest BCUT2D eigenvalue weighted by Crippen LogP contribution is -2.17. The predicted octanol–water partition coefficient (Wildman–Crippen LogP) is 4.18. The van der Waals surface area contributed by atoms with Crippen molar-refractivity contribution in [1.29, 1.82) is 0 Å². The Bertz CT molecular complexity index is 825. The van der Waals surface area contributed by atoms with Gasteiger partial charge in [-0.15, -0.1) is 13.2 Å². The third-order valence-electron chi connectivity index (χ3n) is 2.94. The summed E-state index contributed by atoms with van der Waals surface area (Å²) in [5, 5.41) is 2.85. The van der Waals surface area contributed by atoms with Gasteiger partial charge in [0.1, 0.15) is 5.75 Å². The molecule has 122 valence electrons. The maximum atomic E-state index is 12.3. The van der Waals surface area contributed by atoms with Crippen LogP contribution < -0.4 is 10.1 Å². The van der Waals surface area contributed by atoms with Gasteiger partial charge in [0, 0.05) is 35.9 Å². The summed E-state index contributed by atoms with van der Waals surface area (Å²) in [7, 11) is 0. The van der Waals surface area contributed by atoms with Gasteiger partial charge in [-0.2, -0.15) is 0 Å². The van der Waals surface area contributed by atoms with Gasteiger partial charge in [0.25, 0.3) is 0 Å². The summed E-state index contributed by atoms with van der Waals surface area (Å²) in [6, 6.07) is 10.8. The summed E-state index contributed by atoms with van der Waals surface area (Å²) >= 11 is 0. The van der Waals surface area contributed by atoms with Crippen LogP contribution >= 0.6 is 0 Å². The summed E-state index contributed by atoms with van der Waals surface area (Å²) < 4.78 is 40.7. The van der Waals surface area contributed by atoms with E-state index in [2.05, 4.69) is 25.0 Å². The minimum absolute atomic E-state index is 0.250. The highest BCUT2D eigenvalue weighted by molar-refractivity contribution is 5.61. The predicted molar refractivity (Wildman–Crippen MR) is 81.7 cm³/mol. The number of ether oxygens (including phenoxy) is 1. The van der Waals surface area contributed by atoms with Crippen LogP contribution in [0.25, 0.3) is 11.3 Å². The van der Waals surface area contributed by atoms with Crippen molar-refractivity contribution < 1.29 is 17.9 Å². The number of pyridine rings is 1. The Morgan fingerprint density at radius 1 is 1.00 bits per heavy atom. The summed E-state index contributed by atoms with van der Waals surface area (Å²) in [6.07, 6.45) is 0.114. The topological polar surface area (TPSA) is 59.9 Å². The molecule has 0 aliphatic rings. The molecule has 0 unspecified atom stereocenters. The third kappa shape index (κ3) is 4.19. The standard InChI is InChI=1S/C16H11F3N4O/c17-16(18,19)24-13-5-1-4-12(9-13)22-15-21-8-6-14(23-15)11-3-2-7-20-10-11/h1-10H,(H,21,22,23). The van der Waals surface area contributed by atoms with Crippen molar-refractivity contribution >= 4 is 11.6 Å². The molecule has 1 aromatic carbocycles. The van der Waals surface area contributed by atoms with Crippen LogP contribution in [0.15, 0.2) is 61.1 Å². The lowest BCUT2D eigenvalue weighted by molar-refractivity contribution is -0.274. The number of rotatable bonds is 4. The first-order valence-electron chi connectivity index (χ1n) is 6.86. The number of nitrogens with zero attached hydrogens (tertiary/aromatic N) is 3. The largest absolute Gasteiger partial charge is 0.573 e. The first-order chi connectivity index (χ1) is 11.5. The highest BCUT2D eigenvalue weighted by Crippen LogP contribution is 2.26. The van der Waals surface area contributed by atoms with E-state index in [-0.39, 0.29) is 11.7 Å². The summed E-state index contributed by atoms with van der Waals surface area (Å²) in [5.74, 6) is -0.0728. The second-order valence-corrected chi connectivity index (χ2v) is 4.71. The highest BCUT2D eigenvalue weighted by Gasteiger charge is 2.31. The molecule has 0 amide bonds. The van der Waals surface area contributed by atoms with E-state index in [1.807, 2.05) is 6.07 Å². The average molecular weight is 332 g/mol. The van der Waals surface area contributed by atoms with Gasteiger partial charge in [0.2, 0.25) is 5.95 Å². The lowest BCUT2D eigenvalue weighted by atomic mass is 10.2. The van der Waals surface area contributed by atoms with Gasteiger partial charge in [-0.1, -0.05) is 6.07 Å². The van der Waals surface area contributed by atoms with E-state index in [0.717, 1.165) is 5.56 Å². The Balaban J connectivity index is 1.81. The second kappa shape index (κ2) is 6.53. The van der Waals surface area contributed by atoms with E-state index in [0.29, 0.717) is 11.4 Å². The molecule has 8 heteroatoms. The van der Waals surface area contributed by atoms with Gasteiger partial charge in [0.05, 0.1) is 5.69 Å². The molecule has 0 aliphatic carbocycles. The fourth-order valence-corrected chi connectivity index (χ4v) is 1.99. The van der Waals surface area contributed by atoms with Gasteiger partial charge in [-0.25, -0.2) is 9.97 Å². The maximum Gasteiger partial charge on any atom is 0.573 e. The van der Waals surface area contributed by atoms with Crippen LogP contribution in [0, 0.1) is 0 Å².